The van der Waals surface area contributed by atoms with Crippen molar-refractivity contribution in [1.29, 1.82) is 0 Å². The van der Waals surface area contributed by atoms with Crippen LogP contribution in [0.3, 0.4) is 0 Å². The normalized spacial score (nSPS) is 11.7. The maximum Gasteiger partial charge on any atom is 0.326 e. The van der Waals surface area contributed by atoms with E-state index in [0.29, 0.717) is 19.4 Å². The summed E-state index contributed by atoms with van der Waals surface area (Å²) in [6.45, 7) is 2.32. The smallest absolute Gasteiger partial charge is 0.326 e. The van der Waals surface area contributed by atoms with E-state index in [1.807, 2.05) is 13.0 Å². The molecule has 0 fully saturated rings. The van der Waals surface area contributed by atoms with Crippen molar-refractivity contribution in [2.75, 3.05) is 0 Å². The summed E-state index contributed by atoms with van der Waals surface area (Å²) in [6.07, 6.45) is 2.47. The number of aromatic nitrogens is 1. The van der Waals surface area contributed by atoms with Crippen molar-refractivity contribution in [1.82, 2.24) is 9.88 Å². The van der Waals surface area contributed by atoms with Crippen LogP contribution in [-0.2, 0) is 20.9 Å². The van der Waals surface area contributed by atoms with Gasteiger partial charge in [0.2, 0.25) is 11.8 Å². The fourth-order valence-electron chi connectivity index (χ4n) is 2.03. The second-order valence-corrected chi connectivity index (χ2v) is 5.32. The van der Waals surface area contributed by atoms with Gasteiger partial charge in [-0.1, -0.05) is 0 Å². The van der Waals surface area contributed by atoms with Crippen molar-refractivity contribution < 1.29 is 19.5 Å². The summed E-state index contributed by atoms with van der Waals surface area (Å²) in [5, 5.41) is 11.1. The van der Waals surface area contributed by atoms with Gasteiger partial charge in [0.15, 0.2) is 0 Å². The monoisotopic (exact) mass is 323 g/mol. The number of nitrogens with zero attached hydrogens (tertiary/aromatic N) is 1. The predicted molar refractivity (Wildman–Crippen MR) is 82.7 cm³/mol. The summed E-state index contributed by atoms with van der Waals surface area (Å²) in [5.41, 5.74) is 5.72. The first kappa shape index (κ1) is 18.4. The lowest BCUT2D eigenvalue weighted by Gasteiger charge is -2.12. The number of hydrogen-bond donors (Lipinski definition) is 3. The molecule has 0 saturated carbocycles. The Balaban J connectivity index is 2.37. The number of carbonyl (C=O) groups excluding carboxylic acids is 2. The Morgan fingerprint density at radius 1 is 1.35 bits per heavy atom. The second-order valence-electron chi connectivity index (χ2n) is 5.32. The van der Waals surface area contributed by atoms with Crippen LogP contribution in [0.4, 0.5) is 0 Å². The zero-order valence-electron chi connectivity index (χ0n) is 12.9. The van der Waals surface area contributed by atoms with Crippen molar-refractivity contribution in [3.05, 3.63) is 34.2 Å². The van der Waals surface area contributed by atoms with Crippen LogP contribution in [0.15, 0.2) is 23.1 Å². The molecule has 1 atom stereocenters. The molecule has 0 spiro atoms. The molecule has 1 heterocycles. The Labute approximate surface area is 133 Å². The SMILES string of the molecule is Cc1ccn(CCCCC(=O)NC(CC(N)=O)C(=O)O)c(=O)c1. The number of carboxylic acids is 1. The van der Waals surface area contributed by atoms with E-state index in [0.717, 1.165) is 5.56 Å². The van der Waals surface area contributed by atoms with Gasteiger partial charge in [-0.25, -0.2) is 4.79 Å². The average Bonchev–Trinajstić information content (AvgIpc) is 2.44. The van der Waals surface area contributed by atoms with Gasteiger partial charge in [0, 0.05) is 25.2 Å². The molecule has 23 heavy (non-hydrogen) atoms. The highest BCUT2D eigenvalue weighted by Gasteiger charge is 2.21. The molecule has 1 aromatic heterocycles. The largest absolute Gasteiger partial charge is 0.480 e. The first-order chi connectivity index (χ1) is 10.8. The van der Waals surface area contributed by atoms with Crippen molar-refractivity contribution in [3.63, 3.8) is 0 Å². The zero-order valence-corrected chi connectivity index (χ0v) is 12.9. The van der Waals surface area contributed by atoms with Gasteiger partial charge >= 0.3 is 5.97 Å². The van der Waals surface area contributed by atoms with Crippen LogP contribution in [0.25, 0.3) is 0 Å². The fourth-order valence-corrected chi connectivity index (χ4v) is 2.03. The van der Waals surface area contributed by atoms with E-state index in [2.05, 4.69) is 5.32 Å². The quantitative estimate of drug-likeness (QED) is 0.540. The van der Waals surface area contributed by atoms with Gasteiger partial charge in [-0.15, -0.1) is 0 Å². The maximum atomic E-state index is 11.7. The van der Waals surface area contributed by atoms with Crippen LogP contribution in [0.5, 0.6) is 0 Å². The minimum Gasteiger partial charge on any atom is -0.480 e. The number of nitrogens with two attached hydrogens (primary N) is 1. The highest BCUT2D eigenvalue weighted by molar-refractivity contribution is 5.88. The molecule has 0 bridgehead atoms. The van der Waals surface area contributed by atoms with Crippen LogP contribution in [0.1, 0.15) is 31.2 Å². The molecular weight excluding hydrogens is 302 g/mol. The van der Waals surface area contributed by atoms with Crippen LogP contribution in [0.2, 0.25) is 0 Å². The molecule has 1 aromatic rings. The summed E-state index contributed by atoms with van der Waals surface area (Å²) in [7, 11) is 0. The molecular formula is C15H21N3O5. The van der Waals surface area contributed by atoms with E-state index in [-0.39, 0.29) is 12.0 Å². The number of rotatable bonds is 9. The molecule has 1 unspecified atom stereocenters. The molecule has 0 aliphatic rings. The minimum absolute atomic E-state index is 0.0955. The second kappa shape index (κ2) is 8.72. The third-order valence-corrected chi connectivity index (χ3v) is 3.24. The number of pyridine rings is 1. The van der Waals surface area contributed by atoms with E-state index in [4.69, 9.17) is 10.8 Å². The standard InChI is InChI=1S/C15H21N3O5/c1-10-5-7-18(14(21)8-10)6-3-2-4-13(20)17-11(15(22)23)9-12(16)19/h5,7-8,11H,2-4,6,9H2,1H3,(H2,16,19)(H,17,20)(H,22,23). The molecule has 4 N–H and O–H groups in total. The van der Waals surface area contributed by atoms with Crippen LogP contribution < -0.4 is 16.6 Å². The van der Waals surface area contributed by atoms with E-state index in [1.54, 1.807) is 10.8 Å². The number of nitrogens with one attached hydrogen (secondary N) is 1. The Morgan fingerprint density at radius 3 is 2.61 bits per heavy atom. The van der Waals surface area contributed by atoms with E-state index < -0.39 is 30.2 Å². The van der Waals surface area contributed by atoms with Crippen molar-refractivity contribution in [2.24, 2.45) is 5.73 Å². The van der Waals surface area contributed by atoms with Gasteiger partial charge in [-0.3, -0.25) is 14.4 Å². The molecule has 8 nitrogen and oxygen atoms in total. The molecule has 0 aromatic carbocycles. The topological polar surface area (TPSA) is 131 Å². The minimum atomic E-state index is -1.31. The van der Waals surface area contributed by atoms with Crippen LogP contribution in [-0.4, -0.2) is 33.5 Å². The summed E-state index contributed by atoms with van der Waals surface area (Å²) >= 11 is 0. The van der Waals surface area contributed by atoms with Crippen molar-refractivity contribution >= 4 is 17.8 Å². The number of carbonyl (C=O) groups is 3. The van der Waals surface area contributed by atoms with Crippen molar-refractivity contribution in [2.45, 2.75) is 45.2 Å². The molecule has 0 aliphatic heterocycles. The third kappa shape index (κ3) is 6.77. The Bertz CT molecular complexity index is 638. The summed E-state index contributed by atoms with van der Waals surface area (Å²) in [4.78, 5) is 45.0. The van der Waals surface area contributed by atoms with Crippen molar-refractivity contribution in [3.8, 4) is 0 Å². The molecule has 0 saturated heterocycles. The Hall–Kier alpha value is -2.64. The van der Waals surface area contributed by atoms with Gasteiger partial charge in [0.25, 0.3) is 5.56 Å². The molecule has 0 aliphatic carbocycles. The number of primary amides is 1. The number of aryl methyl sites for hydroxylation is 2. The average molecular weight is 323 g/mol. The van der Waals surface area contributed by atoms with Crippen LogP contribution >= 0.6 is 0 Å². The lowest BCUT2D eigenvalue weighted by molar-refractivity contribution is -0.143. The first-order valence-corrected chi connectivity index (χ1v) is 7.27. The summed E-state index contributed by atoms with van der Waals surface area (Å²) in [6, 6.07) is 2.06. The van der Waals surface area contributed by atoms with Gasteiger partial charge < -0.3 is 20.7 Å². The van der Waals surface area contributed by atoms with Crippen LogP contribution in [0, 0.1) is 6.92 Å². The Morgan fingerprint density at radius 2 is 2.04 bits per heavy atom. The maximum absolute atomic E-state index is 11.7. The predicted octanol–water partition coefficient (Wildman–Crippen LogP) is -0.228. The fraction of sp³-hybridized carbons (Fsp3) is 0.467. The lowest BCUT2D eigenvalue weighted by atomic mass is 10.1. The molecule has 0 radical (unpaired) electrons. The van der Waals surface area contributed by atoms with Gasteiger partial charge in [0.05, 0.1) is 6.42 Å². The number of unbranched alkanes of at least 4 members (excludes halogenated alkanes) is 1. The number of carboxylic acid groups (broad SMARTS) is 1. The lowest BCUT2D eigenvalue weighted by Crippen LogP contribution is -2.43. The highest BCUT2D eigenvalue weighted by atomic mass is 16.4. The zero-order chi connectivity index (χ0) is 17.4. The number of aliphatic carboxylic acids is 1. The molecule has 2 amide bonds. The summed E-state index contributed by atoms with van der Waals surface area (Å²) in [5.74, 6) is -2.56. The third-order valence-electron chi connectivity index (χ3n) is 3.24. The highest BCUT2D eigenvalue weighted by Crippen LogP contribution is 2.01. The van der Waals surface area contributed by atoms with E-state index in [1.165, 1.54) is 6.07 Å². The number of hydrogen-bond acceptors (Lipinski definition) is 4. The molecule has 126 valence electrons. The first-order valence-electron chi connectivity index (χ1n) is 7.27. The van der Waals surface area contributed by atoms with E-state index >= 15 is 0 Å². The Kier molecular flexibility index (Phi) is 6.98. The number of amides is 2. The van der Waals surface area contributed by atoms with Gasteiger partial charge in [0.1, 0.15) is 6.04 Å². The van der Waals surface area contributed by atoms with E-state index in [9.17, 15) is 19.2 Å². The van der Waals surface area contributed by atoms with Gasteiger partial charge in [-0.2, -0.15) is 0 Å². The van der Waals surface area contributed by atoms with Gasteiger partial charge in [-0.05, 0) is 31.4 Å². The summed E-state index contributed by atoms with van der Waals surface area (Å²) < 4.78 is 1.55. The molecule has 8 heteroatoms. The molecule has 1 rings (SSSR count).